The van der Waals surface area contributed by atoms with Gasteiger partial charge in [-0.25, -0.2) is 0 Å². The number of hydrogen-bond donors (Lipinski definition) is 2. The van der Waals surface area contributed by atoms with Gasteiger partial charge in [-0.05, 0) is 30.2 Å². The average Bonchev–Trinajstić information content (AvgIpc) is 3.26. The summed E-state index contributed by atoms with van der Waals surface area (Å²) >= 11 is 1.58. The Morgan fingerprint density at radius 1 is 1.27 bits per heavy atom. The van der Waals surface area contributed by atoms with Crippen LogP contribution in [0.1, 0.15) is 45.9 Å². The molecule has 0 bridgehead atoms. The quantitative estimate of drug-likeness (QED) is 0.620. The van der Waals surface area contributed by atoms with Crippen LogP contribution in [-0.4, -0.2) is 34.5 Å². The van der Waals surface area contributed by atoms with E-state index in [1.54, 1.807) is 11.3 Å². The monoisotopic (exact) mass is 378 g/mol. The highest BCUT2D eigenvalue weighted by molar-refractivity contribution is 7.13. The number of nitrogens with one attached hydrogen (secondary N) is 2. The van der Waals surface area contributed by atoms with Crippen molar-refractivity contribution in [3.63, 3.8) is 0 Å². The SMILES string of the molecule is CC(=O)N[C@H](C(=O)NCCCCCc1nc(-c2cccs2)no1)C(C)C. The van der Waals surface area contributed by atoms with Crippen molar-refractivity contribution in [3.05, 3.63) is 23.4 Å². The molecule has 142 valence electrons. The molecule has 0 radical (unpaired) electrons. The first kappa shape index (κ1) is 20.1. The van der Waals surface area contributed by atoms with E-state index in [0.717, 1.165) is 30.6 Å². The van der Waals surface area contributed by atoms with Gasteiger partial charge in [-0.3, -0.25) is 9.59 Å². The molecule has 2 heterocycles. The molecule has 2 aromatic heterocycles. The highest BCUT2D eigenvalue weighted by Crippen LogP contribution is 2.21. The zero-order valence-corrected chi connectivity index (χ0v) is 16.3. The Morgan fingerprint density at radius 2 is 2.08 bits per heavy atom. The lowest BCUT2D eigenvalue weighted by atomic mass is 10.0. The summed E-state index contributed by atoms with van der Waals surface area (Å²) < 4.78 is 5.26. The zero-order valence-electron chi connectivity index (χ0n) is 15.4. The van der Waals surface area contributed by atoms with Crippen LogP contribution in [0.25, 0.3) is 10.7 Å². The van der Waals surface area contributed by atoms with Gasteiger partial charge >= 0.3 is 0 Å². The number of carbonyl (C=O) groups is 2. The van der Waals surface area contributed by atoms with Gasteiger partial charge in [0.25, 0.3) is 0 Å². The van der Waals surface area contributed by atoms with Gasteiger partial charge < -0.3 is 15.2 Å². The maximum Gasteiger partial charge on any atom is 0.242 e. The second kappa shape index (κ2) is 10.1. The van der Waals surface area contributed by atoms with Crippen LogP contribution < -0.4 is 10.6 Å². The molecule has 2 rings (SSSR count). The van der Waals surface area contributed by atoms with Gasteiger partial charge in [-0.15, -0.1) is 11.3 Å². The molecule has 0 aliphatic heterocycles. The number of hydrogen-bond acceptors (Lipinski definition) is 6. The normalized spacial score (nSPS) is 12.2. The number of amides is 2. The van der Waals surface area contributed by atoms with Crippen LogP contribution in [0.15, 0.2) is 22.0 Å². The van der Waals surface area contributed by atoms with Crippen LogP contribution in [0.4, 0.5) is 0 Å². The molecule has 0 fully saturated rings. The van der Waals surface area contributed by atoms with Crippen LogP contribution in [0, 0.1) is 5.92 Å². The molecule has 0 aliphatic rings. The van der Waals surface area contributed by atoms with Crippen LogP contribution >= 0.6 is 11.3 Å². The molecule has 0 saturated heterocycles. The van der Waals surface area contributed by atoms with Crippen LogP contribution in [0.2, 0.25) is 0 Å². The van der Waals surface area contributed by atoms with Crippen LogP contribution in [0.3, 0.4) is 0 Å². The maximum atomic E-state index is 12.1. The van der Waals surface area contributed by atoms with E-state index in [2.05, 4.69) is 20.8 Å². The number of aryl methyl sites for hydroxylation is 1. The summed E-state index contributed by atoms with van der Waals surface area (Å²) in [5, 5.41) is 11.5. The molecule has 0 spiro atoms. The lowest BCUT2D eigenvalue weighted by Gasteiger charge is -2.20. The van der Waals surface area contributed by atoms with Gasteiger partial charge in [-0.1, -0.05) is 31.5 Å². The Labute approximate surface area is 157 Å². The predicted octanol–water partition coefficient (Wildman–Crippen LogP) is 2.79. The number of rotatable bonds is 10. The molecule has 0 unspecified atom stereocenters. The third kappa shape index (κ3) is 6.25. The smallest absolute Gasteiger partial charge is 0.242 e. The lowest BCUT2D eigenvalue weighted by molar-refractivity contribution is -0.129. The molecule has 26 heavy (non-hydrogen) atoms. The maximum absolute atomic E-state index is 12.1. The first-order valence-corrected chi connectivity index (χ1v) is 9.76. The third-order valence-corrected chi connectivity index (χ3v) is 4.75. The van der Waals surface area contributed by atoms with Gasteiger partial charge in [0, 0.05) is 19.9 Å². The molecular weight excluding hydrogens is 352 g/mol. The van der Waals surface area contributed by atoms with Gasteiger partial charge in [0.1, 0.15) is 6.04 Å². The molecular formula is C18H26N4O3S. The summed E-state index contributed by atoms with van der Waals surface area (Å²) in [7, 11) is 0. The van der Waals surface area contributed by atoms with Crippen molar-refractivity contribution in [2.24, 2.45) is 5.92 Å². The fraction of sp³-hybridized carbons (Fsp3) is 0.556. The average molecular weight is 378 g/mol. The van der Waals surface area contributed by atoms with Crippen molar-refractivity contribution >= 4 is 23.2 Å². The van der Waals surface area contributed by atoms with Crippen molar-refractivity contribution in [1.82, 2.24) is 20.8 Å². The van der Waals surface area contributed by atoms with E-state index in [4.69, 9.17) is 4.52 Å². The molecule has 2 N–H and O–H groups in total. The standard InChI is InChI=1S/C18H26N4O3S/c1-12(2)16(20-13(3)23)18(24)19-10-6-4-5-9-15-21-17(22-25-15)14-8-7-11-26-14/h7-8,11-12,16H,4-6,9-10H2,1-3H3,(H,19,24)(H,20,23)/t16-/m0/s1. The van der Waals surface area contributed by atoms with E-state index < -0.39 is 6.04 Å². The minimum atomic E-state index is -0.485. The van der Waals surface area contributed by atoms with E-state index >= 15 is 0 Å². The Balaban J connectivity index is 1.63. The minimum Gasteiger partial charge on any atom is -0.354 e. The molecule has 0 aliphatic carbocycles. The topological polar surface area (TPSA) is 97.1 Å². The Hall–Kier alpha value is -2.22. The van der Waals surface area contributed by atoms with Gasteiger partial charge in [0.15, 0.2) is 0 Å². The number of aromatic nitrogens is 2. The van der Waals surface area contributed by atoms with E-state index in [1.165, 1.54) is 6.92 Å². The fourth-order valence-corrected chi connectivity index (χ4v) is 3.16. The molecule has 0 saturated carbocycles. The first-order valence-electron chi connectivity index (χ1n) is 8.88. The molecule has 2 amide bonds. The van der Waals surface area contributed by atoms with Crippen LogP contribution in [0.5, 0.6) is 0 Å². The van der Waals surface area contributed by atoms with Gasteiger partial charge in [0.05, 0.1) is 4.88 Å². The second-order valence-electron chi connectivity index (χ2n) is 6.51. The lowest BCUT2D eigenvalue weighted by Crippen LogP contribution is -2.49. The Kier molecular flexibility index (Phi) is 7.77. The van der Waals surface area contributed by atoms with Crippen molar-refractivity contribution in [3.8, 4) is 10.7 Å². The van der Waals surface area contributed by atoms with Crippen molar-refractivity contribution in [2.75, 3.05) is 6.54 Å². The first-order chi connectivity index (χ1) is 12.5. The summed E-state index contributed by atoms with van der Waals surface area (Å²) in [5.74, 6) is 1.00. The van der Waals surface area contributed by atoms with E-state index in [-0.39, 0.29) is 17.7 Å². The van der Waals surface area contributed by atoms with E-state index in [9.17, 15) is 9.59 Å². The highest BCUT2D eigenvalue weighted by atomic mass is 32.1. The molecule has 2 aromatic rings. The Morgan fingerprint density at radius 3 is 2.73 bits per heavy atom. The number of unbranched alkanes of at least 4 members (excludes halogenated alkanes) is 2. The largest absolute Gasteiger partial charge is 0.354 e. The molecule has 7 nitrogen and oxygen atoms in total. The van der Waals surface area contributed by atoms with Gasteiger partial charge in [0.2, 0.25) is 23.5 Å². The predicted molar refractivity (Wildman–Crippen MR) is 101 cm³/mol. The van der Waals surface area contributed by atoms with Crippen molar-refractivity contribution < 1.29 is 14.1 Å². The van der Waals surface area contributed by atoms with Crippen molar-refractivity contribution in [2.45, 2.75) is 52.5 Å². The number of thiophene rings is 1. The summed E-state index contributed by atoms with van der Waals surface area (Å²) in [5.41, 5.74) is 0. The van der Waals surface area contributed by atoms with Crippen molar-refractivity contribution in [1.29, 1.82) is 0 Å². The number of carbonyl (C=O) groups excluding carboxylic acids is 2. The van der Waals surface area contributed by atoms with E-state index in [0.29, 0.717) is 18.3 Å². The molecule has 8 heteroatoms. The fourth-order valence-electron chi connectivity index (χ4n) is 2.52. The zero-order chi connectivity index (χ0) is 18.9. The summed E-state index contributed by atoms with van der Waals surface area (Å²) in [6.45, 7) is 5.83. The number of nitrogens with zero attached hydrogens (tertiary/aromatic N) is 2. The van der Waals surface area contributed by atoms with E-state index in [1.807, 2.05) is 31.4 Å². The Bertz CT molecular complexity index is 697. The second-order valence-corrected chi connectivity index (χ2v) is 7.46. The summed E-state index contributed by atoms with van der Waals surface area (Å²) in [6.07, 6.45) is 3.46. The molecule has 1 atom stereocenters. The highest BCUT2D eigenvalue weighted by Gasteiger charge is 2.22. The summed E-state index contributed by atoms with van der Waals surface area (Å²) in [6, 6.07) is 3.44. The molecule has 0 aromatic carbocycles. The third-order valence-electron chi connectivity index (χ3n) is 3.88. The van der Waals surface area contributed by atoms with Gasteiger partial charge in [-0.2, -0.15) is 4.98 Å². The van der Waals surface area contributed by atoms with Crippen LogP contribution in [-0.2, 0) is 16.0 Å². The minimum absolute atomic E-state index is 0.0500. The summed E-state index contributed by atoms with van der Waals surface area (Å²) in [4.78, 5) is 28.7.